The summed E-state index contributed by atoms with van der Waals surface area (Å²) in [5.74, 6) is -0.140. The Morgan fingerprint density at radius 3 is 2.39 bits per heavy atom. The smallest absolute Gasteiger partial charge is 0.243 e. The molecule has 0 bridgehead atoms. The molecule has 0 amide bonds. The Bertz CT molecular complexity index is 500. The van der Waals surface area contributed by atoms with E-state index in [1.807, 2.05) is 6.92 Å². The number of hydrogen-bond acceptors (Lipinski definition) is 3. The molecule has 0 aliphatic heterocycles. The van der Waals surface area contributed by atoms with Crippen LogP contribution in [0, 0.1) is 5.92 Å². The van der Waals surface area contributed by atoms with Gasteiger partial charge in [0.2, 0.25) is 10.0 Å². The molecule has 18 heavy (non-hydrogen) atoms. The normalized spacial score (nSPS) is 13.5. The SMILES string of the molecule is CCN(CC(C)C(N)=S)S(=O)(=O)c1ccccc1. The van der Waals surface area contributed by atoms with Gasteiger partial charge >= 0.3 is 0 Å². The lowest BCUT2D eigenvalue weighted by Gasteiger charge is -2.23. The van der Waals surface area contributed by atoms with Crippen LogP contribution in [0.2, 0.25) is 0 Å². The molecule has 0 saturated heterocycles. The number of nitrogens with two attached hydrogens (primary N) is 1. The molecule has 1 aromatic rings. The molecule has 0 aliphatic carbocycles. The van der Waals surface area contributed by atoms with Gasteiger partial charge in [-0.25, -0.2) is 8.42 Å². The van der Waals surface area contributed by atoms with Crippen LogP contribution < -0.4 is 5.73 Å². The first-order valence-corrected chi connectivity index (χ1v) is 7.59. The third-order valence-corrected chi connectivity index (χ3v) is 5.05. The molecule has 0 spiro atoms. The molecule has 0 saturated carbocycles. The van der Waals surface area contributed by atoms with E-state index < -0.39 is 10.0 Å². The topological polar surface area (TPSA) is 63.4 Å². The second-order valence-corrected chi connectivity index (χ2v) is 6.48. The summed E-state index contributed by atoms with van der Waals surface area (Å²) in [6.45, 7) is 4.32. The van der Waals surface area contributed by atoms with Crippen molar-refractivity contribution in [2.45, 2.75) is 18.7 Å². The first kappa shape index (κ1) is 15.1. The minimum Gasteiger partial charge on any atom is -0.393 e. The average Bonchev–Trinajstić information content (AvgIpc) is 2.36. The number of thiocarbonyl (C=S) groups is 1. The van der Waals surface area contributed by atoms with Crippen molar-refractivity contribution in [1.29, 1.82) is 0 Å². The number of sulfonamides is 1. The Hall–Kier alpha value is -0.980. The lowest BCUT2D eigenvalue weighted by Crippen LogP contribution is -2.38. The zero-order valence-electron chi connectivity index (χ0n) is 10.5. The standard InChI is InChI=1S/C12H18N2O2S2/c1-3-14(9-10(2)12(13)17)18(15,16)11-7-5-4-6-8-11/h4-8,10H,3,9H2,1-2H3,(H2,13,17). The van der Waals surface area contributed by atoms with Gasteiger partial charge in [-0.05, 0) is 12.1 Å². The Morgan fingerprint density at radius 2 is 1.94 bits per heavy atom. The van der Waals surface area contributed by atoms with E-state index in [1.165, 1.54) is 4.31 Å². The Balaban J connectivity index is 2.98. The van der Waals surface area contributed by atoms with E-state index >= 15 is 0 Å². The van der Waals surface area contributed by atoms with E-state index in [-0.39, 0.29) is 5.92 Å². The van der Waals surface area contributed by atoms with Gasteiger partial charge in [0.25, 0.3) is 0 Å². The van der Waals surface area contributed by atoms with Gasteiger partial charge in [-0.1, -0.05) is 44.3 Å². The Labute approximate surface area is 114 Å². The van der Waals surface area contributed by atoms with E-state index in [1.54, 1.807) is 37.3 Å². The fraction of sp³-hybridized carbons (Fsp3) is 0.417. The fourth-order valence-electron chi connectivity index (χ4n) is 1.53. The maximum Gasteiger partial charge on any atom is 0.243 e. The first-order chi connectivity index (χ1) is 8.39. The number of rotatable bonds is 6. The van der Waals surface area contributed by atoms with Gasteiger partial charge in [-0.15, -0.1) is 0 Å². The van der Waals surface area contributed by atoms with Gasteiger partial charge in [0.1, 0.15) is 0 Å². The Kier molecular flexibility index (Phi) is 5.25. The van der Waals surface area contributed by atoms with Crippen molar-refractivity contribution in [3.63, 3.8) is 0 Å². The molecule has 100 valence electrons. The van der Waals surface area contributed by atoms with Crippen molar-refractivity contribution in [2.75, 3.05) is 13.1 Å². The lowest BCUT2D eigenvalue weighted by atomic mass is 10.2. The van der Waals surface area contributed by atoms with E-state index in [2.05, 4.69) is 0 Å². The van der Waals surface area contributed by atoms with E-state index in [4.69, 9.17) is 18.0 Å². The third-order valence-electron chi connectivity index (χ3n) is 2.70. The maximum absolute atomic E-state index is 12.4. The molecule has 1 atom stereocenters. The van der Waals surface area contributed by atoms with Crippen LogP contribution >= 0.6 is 12.2 Å². The summed E-state index contributed by atoms with van der Waals surface area (Å²) in [6, 6.07) is 8.37. The summed E-state index contributed by atoms with van der Waals surface area (Å²) in [5.41, 5.74) is 5.53. The van der Waals surface area contributed by atoms with E-state index in [0.717, 1.165) is 0 Å². The summed E-state index contributed by atoms with van der Waals surface area (Å²) < 4.78 is 26.1. The average molecular weight is 286 g/mol. The van der Waals surface area contributed by atoms with Gasteiger partial charge in [0, 0.05) is 19.0 Å². The van der Waals surface area contributed by atoms with Crippen LogP contribution in [-0.2, 0) is 10.0 Å². The highest BCUT2D eigenvalue weighted by atomic mass is 32.2. The second kappa shape index (κ2) is 6.26. The summed E-state index contributed by atoms with van der Waals surface area (Å²) >= 11 is 4.88. The van der Waals surface area contributed by atoms with Crippen LogP contribution in [-0.4, -0.2) is 30.8 Å². The summed E-state index contributed by atoms with van der Waals surface area (Å²) in [5, 5.41) is 0. The summed E-state index contributed by atoms with van der Waals surface area (Å²) in [4.78, 5) is 0.624. The van der Waals surface area contributed by atoms with Gasteiger partial charge < -0.3 is 5.73 Å². The van der Waals surface area contributed by atoms with E-state index in [9.17, 15) is 8.42 Å². The summed E-state index contributed by atoms with van der Waals surface area (Å²) in [7, 11) is -3.46. The number of hydrogen-bond donors (Lipinski definition) is 1. The van der Waals surface area contributed by atoms with Crippen LogP contribution in [0.5, 0.6) is 0 Å². The lowest BCUT2D eigenvalue weighted by molar-refractivity contribution is 0.405. The molecular weight excluding hydrogens is 268 g/mol. The second-order valence-electron chi connectivity index (χ2n) is 4.07. The van der Waals surface area contributed by atoms with Crippen LogP contribution in [0.15, 0.2) is 35.2 Å². The highest BCUT2D eigenvalue weighted by molar-refractivity contribution is 7.89. The highest BCUT2D eigenvalue weighted by Crippen LogP contribution is 2.16. The monoisotopic (exact) mass is 286 g/mol. The van der Waals surface area contributed by atoms with Gasteiger partial charge in [0.05, 0.1) is 9.88 Å². The molecule has 1 aromatic carbocycles. The number of benzene rings is 1. The van der Waals surface area contributed by atoms with Crippen molar-refractivity contribution in [2.24, 2.45) is 11.7 Å². The zero-order chi connectivity index (χ0) is 13.8. The van der Waals surface area contributed by atoms with Crippen LogP contribution in [0.1, 0.15) is 13.8 Å². The highest BCUT2D eigenvalue weighted by Gasteiger charge is 2.24. The van der Waals surface area contributed by atoms with Crippen molar-refractivity contribution < 1.29 is 8.42 Å². The molecule has 0 aliphatic rings. The van der Waals surface area contributed by atoms with Crippen molar-refractivity contribution >= 4 is 27.2 Å². The van der Waals surface area contributed by atoms with Crippen molar-refractivity contribution in [3.8, 4) is 0 Å². The van der Waals surface area contributed by atoms with Crippen molar-refractivity contribution in [3.05, 3.63) is 30.3 Å². The van der Waals surface area contributed by atoms with Crippen LogP contribution in [0.3, 0.4) is 0 Å². The molecule has 6 heteroatoms. The predicted molar refractivity (Wildman–Crippen MR) is 76.8 cm³/mol. The van der Waals surface area contributed by atoms with Gasteiger partial charge in [-0.3, -0.25) is 0 Å². The first-order valence-electron chi connectivity index (χ1n) is 5.74. The molecule has 1 unspecified atom stereocenters. The maximum atomic E-state index is 12.4. The minimum absolute atomic E-state index is 0.140. The molecule has 0 heterocycles. The molecule has 0 radical (unpaired) electrons. The van der Waals surface area contributed by atoms with Crippen molar-refractivity contribution in [1.82, 2.24) is 4.31 Å². The molecular formula is C12H18N2O2S2. The third kappa shape index (κ3) is 3.51. The van der Waals surface area contributed by atoms with E-state index in [0.29, 0.717) is 23.0 Å². The van der Waals surface area contributed by atoms with Gasteiger partial charge in [-0.2, -0.15) is 4.31 Å². The molecule has 0 fully saturated rings. The largest absolute Gasteiger partial charge is 0.393 e. The predicted octanol–water partition coefficient (Wildman–Crippen LogP) is 1.62. The number of nitrogens with zero attached hydrogens (tertiary/aromatic N) is 1. The zero-order valence-corrected chi connectivity index (χ0v) is 12.2. The van der Waals surface area contributed by atoms with Gasteiger partial charge in [0.15, 0.2) is 0 Å². The molecule has 1 rings (SSSR count). The molecule has 4 nitrogen and oxygen atoms in total. The van der Waals surface area contributed by atoms with Crippen LogP contribution in [0.25, 0.3) is 0 Å². The minimum atomic E-state index is -3.46. The molecule has 0 aromatic heterocycles. The Morgan fingerprint density at radius 1 is 1.39 bits per heavy atom. The fourth-order valence-corrected chi connectivity index (χ4v) is 3.17. The van der Waals surface area contributed by atoms with Crippen LogP contribution in [0.4, 0.5) is 0 Å². The quantitative estimate of drug-likeness (QED) is 0.807. The summed E-state index contributed by atoms with van der Waals surface area (Å²) in [6.07, 6.45) is 0. The molecule has 2 N–H and O–H groups in total.